The maximum atomic E-state index is 13.7. The van der Waals surface area contributed by atoms with Crippen LogP contribution in [0.4, 0.5) is 21.5 Å². The van der Waals surface area contributed by atoms with Crippen molar-refractivity contribution < 1.29 is 12.8 Å². The molecule has 2 aromatic carbocycles. The van der Waals surface area contributed by atoms with Gasteiger partial charge in [-0.15, -0.1) is 0 Å². The summed E-state index contributed by atoms with van der Waals surface area (Å²) in [4.78, 5) is 0.108. The van der Waals surface area contributed by atoms with Crippen molar-refractivity contribution in [2.45, 2.75) is 4.90 Å². The predicted octanol–water partition coefficient (Wildman–Crippen LogP) is 3.21. The van der Waals surface area contributed by atoms with Crippen LogP contribution in [0, 0.1) is 5.82 Å². The van der Waals surface area contributed by atoms with Crippen molar-refractivity contribution in [1.82, 2.24) is 0 Å². The molecule has 0 spiro atoms. The van der Waals surface area contributed by atoms with E-state index in [1.54, 1.807) is 0 Å². The number of halogens is 2. The summed E-state index contributed by atoms with van der Waals surface area (Å²) in [5.41, 5.74) is 6.60. The quantitative estimate of drug-likeness (QED) is 0.853. The molecule has 0 aliphatic heterocycles. The summed E-state index contributed by atoms with van der Waals surface area (Å²) in [6.45, 7) is 0. The summed E-state index contributed by atoms with van der Waals surface area (Å²) in [7, 11) is -3.33. The van der Waals surface area contributed by atoms with E-state index in [0.717, 1.165) is 6.26 Å². The number of rotatable bonds is 3. The van der Waals surface area contributed by atoms with E-state index in [9.17, 15) is 12.8 Å². The number of nitrogens with two attached hydrogens (primary N) is 1. The van der Waals surface area contributed by atoms with E-state index in [0.29, 0.717) is 5.69 Å². The van der Waals surface area contributed by atoms with Crippen LogP contribution >= 0.6 is 11.6 Å². The van der Waals surface area contributed by atoms with Crippen LogP contribution in [-0.4, -0.2) is 14.7 Å². The molecule has 0 aliphatic rings. The fourth-order valence-electron chi connectivity index (χ4n) is 1.62. The van der Waals surface area contributed by atoms with E-state index in [4.69, 9.17) is 17.3 Å². The number of nitrogens with one attached hydrogen (secondary N) is 1. The van der Waals surface area contributed by atoms with Crippen LogP contribution in [0.2, 0.25) is 5.02 Å². The van der Waals surface area contributed by atoms with Crippen molar-refractivity contribution in [2.24, 2.45) is 0 Å². The first-order valence-electron chi connectivity index (χ1n) is 5.59. The van der Waals surface area contributed by atoms with Crippen LogP contribution in [0.5, 0.6) is 0 Å². The Morgan fingerprint density at radius 1 is 1.15 bits per heavy atom. The highest BCUT2D eigenvalue weighted by Gasteiger charge is 2.11. The number of hydrogen-bond donors (Lipinski definition) is 2. The van der Waals surface area contributed by atoms with E-state index in [1.807, 2.05) is 0 Å². The van der Waals surface area contributed by atoms with Crippen LogP contribution in [0.3, 0.4) is 0 Å². The first kappa shape index (κ1) is 14.6. The van der Waals surface area contributed by atoms with Gasteiger partial charge in [0.1, 0.15) is 5.82 Å². The Balaban J connectivity index is 2.35. The van der Waals surface area contributed by atoms with Gasteiger partial charge < -0.3 is 11.1 Å². The molecule has 2 rings (SSSR count). The summed E-state index contributed by atoms with van der Waals surface area (Å²) in [5.74, 6) is -0.524. The van der Waals surface area contributed by atoms with E-state index >= 15 is 0 Å². The Kier molecular flexibility index (Phi) is 3.87. The maximum Gasteiger partial charge on any atom is 0.175 e. The van der Waals surface area contributed by atoms with E-state index in [1.165, 1.54) is 36.4 Å². The molecule has 0 aromatic heterocycles. The summed E-state index contributed by atoms with van der Waals surface area (Å²) in [5, 5.41) is 3.08. The highest BCUT2D eigenvalue weighted by atomic mass is 35.5. The van der Waals surface area contributed by atoms with Crippen molar-refractivity contribution in [2.75, 3.05) is 17.3 Å². The molecule has 0 amide bonds. The van der Waals surface area contributed by atoms with Gasteiger partial charge in [0.25, 0.3) is 0 Å². The fraction of sp³-hybridized carbons (Fsp3) is 0.0769. The number of sulfone groups is 1. The zero-order chi connectivity index (χ0) is 14.9. The Morgan fingerprint density at radius 3 is 2.35 bits per heavy atom. The molecule has 0 aliphatic carbocycles. The van der Waals surface area contributed by atoms with Crippen LogP contribution in [0.1, 0.15) is 0 Å². The van der Waals surface area contributed by atoms with Gasteiger partial charge in [0.2, 0.25) is 0 Å². The number of anilines is 3. The third-order valence-electron chi connectivity index (χ3n) is 2.65. The molecular weight excluding hydrogens is 303 g/mol. The second kappa shape index (κ2) is 5.30. The lowest BCUT2D eigenvalue weighted by molar-refractivity contribution is 0.602. The van der Waals surface area contributed by atoms with Crippen molar-refractivity contribution >= 4 is 38.5 Å². The zero-order valence-corrected chi connectivity index (χ0v) is 12.1. The first-order valence-corrected chi connectivity index (χ1v) is 7.86. The lowest BCUT2D eigenvalue weighted by Crippen LogP contribution is -2.02. The molecule has 0 fully saturated rings. The normalized spacial score (nSPS) is 11.3. The minimum Gasteiger partial charge on any atom is -0.397 e. The molecule has 106 valence electrons. The Bertz CT molecular complexity index is 763. The fourth-order valence-corrected chi connectivity index (χ4v) is 2.44. The highest BCUT2D eigenvalue weighted by molar-refractivity contribution is 7.90. The second-order valence-corrected chi connectivity index (χ2v) is 6.72. The Labute approximate surface area is 121 Å². The third-order valence-corrected chi connectivity index (χ3v) is 4.00. The van der Waals surface area contributed by atoms with E-state index in [2.05, 4.69) is 5.32 Å². The van der Waals surface area contributed by atoms with Crippen LogP contribution in [-0.2, 0) is 9.84 Å². The second-order valence-electron chi connectivity index (χ2n) is 4.27. The van der Waals surface area contributed by atoms with Gasteiger partial charge in [-0.25, -0.2) is 12.8 Å². The average Bonchev–Trinajstić information content (AvgIpc) is 2.33. The lowest BCUT2D eigenvalue weighted by Gasteiger charge is -2.11. The van der Waals surface area contributed by atoms with Gasteiger partial charge in [0, 0.05) is 11.3 Å². The molecule has 20 heavy (non-hydrogen) atoms. The zero-order valence-electron chi connectivity index (χ0n) is 10.5. The minimum absolute atomic E-state index is 0.108. The topological polar surface area (TPSA) is 72.2 Å². The van der Waals surface area contributed by atoms with Gasteiger partial charge in [-0.1, -0.05) is 11.6 Å². The molecule has 7 heteroatoms. The molecule has 0 radical (unpaired) electrons. The molecule has 4 nitrogen and oxygen atoms in total. The van der Waals surface area contributed by atoms with Gasteiger partial charge in [-0.2, -0.15) is 0 Å². The van der Waals surface area contributed by atoms with Crippen molar-refractivity contribution in [3.63, 3.8) is 0 Å². The Hall–Kier alpha value is -1.79. The van der Waals surface area contributed by atoms with Crippen LogP contribution in [0.25, 0.3) is 0 Å². The van der Waals surface area contributed by atoms with Gasteiger partial charge in [-0.3, -0.25) is 0 Å². The van der Waals surface area contributed by atoms with E-state index in [-0.39, 0.29) is 21.3 Å². The van der Waals surface area contributed by atoms with Crippen molar-refractivity contribution in [1.29, 1.82) is 0 Å². The van der Waals surface area contributed by atoms with Gasteiger partial charge in [0.05, 0.1) is 22.0 Å². The standard InChI is InChI=1S/C13H12ClFN2O2S/c1-20(18,19)9-3-5-13(11(16)7-9)17-12-4-2-8(14)6-10(12)15/h2-7,17H,16H2,1H3. The molecule has 3 N–H and O–H groups in total. The number of benzene rings is 2. The first-order chi connectivity index (χ1) is 9.27. The number of nitrogen functional groups attached to an aromatic ring is 1. The van der Waals surface area contributed by atoms with Crippen molar-refractivity contribution in [3.05, 3.63) is 47.2 Å². The summed E-state index contributed by atoms with van der Waals surface area (Å²) in [6.07, 6.45) is 1.09. The van der Waals surface area contributed by atoms with E-state index < -0.39 is 15.7 Å². The summed E-state index contributed by atoms with van der Waals surface area (Å²) >= 11 is 5.66. The summed E-state index contributed by atoms with van der Waals surface area (Å²) in [6, 6.07) is 8.40. The molecule has 0 unspecified atom stereocenters. The Morgan fingerprint density at radius 2 is 1.80 bits per heavy atom. The molecular formula is C13H12ClFN2O2S. The highest BCUT2D eigenvalue weighted by Crippen LogP contribution is 2.28. The maximum absolute atomic E-state index is 13.7. The molecule has 0 atom stereocenters. The smallest absolute Gasteiger partial charge is 0.175 e. The third kappa shape index (κ3) is 3.20. The minimum atomic E-state index is -3.33. The molecule has 0 saturated carbocycles. The largest absolute Gasteiger partial charge is 0.397 e. The average molecular weight is 315 g/mol. The number of hydrogen-bond acceptors (Lipinski definition) is 4. The van der Waals surface area contributed by atoms with Gasteiger partial charge >= 0.3 is 0 Å². The summed E-state index contributed by atoms with van der Waals surface area (Å²) < 4.78 is 36.4. The van der Waals surface area contributed by atoms with Crippen LogP contribution < -0.4 is 11.1 Å². The SMILES string of the molecule is CS(=O)(=O)c1ccc(Nc2ccc(Cl)cc2F)c(N)c1. The molecule has 2 aromatic rings. The molecule has 0 heterocycles. The predicted molar refractivity (Wildman–Crippen MR) is 78.7 cm³/mol. The molecule has 0 saturated heterocycles. The monoisotopic (exact) mass is 314 g/mol. The van der Waals surface area contributed by atoms with Crippen LogP contribution in [0.15, 0.2) is 41.3 Å². The van der Waals surface area contributed by atoms with Crippen molar-refractivity contribution in [3.8, 4) is 0 Å². The van der Waals surface area contributed by atoms with Gasteiger partial charge in [0.15, 0.2) is 9.84 Å². The lowest BCUT2D eigenvalue weighted by atomic mass is 10.2. The molecule has 0 bridgehead atoms. The van der Waals surface area contributed by atoms with Gasteiger partial charge in [-0.05, 0) is 36.4 Å².